The van der Waals surface area contributed by atoms with Crippen LogP contribution in [0.1, 0.15) is 11.1 Å². The zero-order chi connectivity index (χ0) is 13.9. The summed E-state index contributed by atoms with van der Waals surface area (Å²) in [6, 6.07) is 14.1. The molecule has 0 aliphatic carbocycles. The molecule has 0 unspecified atom stereocenters. The molecule has 0 amide bonds. The lowest BCUT2D eigenvalue weighted by atomic mass is 10.1. The van der Waals surface area contributed by atoms with Crippen molar-refractivity contribution >= 4 is 17.3 Å². The maximum atomic E-state index is 6.24. The van der Waals surface area contributed by atoms with Crippen LogP contribution in [0.25, 0.3) is 0 Å². The van der Waals surface area contributed by atoms with Gasteiger partial charge in [0.25, 0.3) is 0 Å². The summed E-state index contributed by atoms with van der Waals surface area (Å²) < 4.78 is 5.73. The predicted molar refractivity (Wildman–Crippen MR) is 82.3 cm³/mol. The maximum Gasteiger partial charge on any atom is 0.143 e. The van der Waals surface area contributed by atoms with E-state index in [0.717, 1.165) is 40.7 Å². The van der Waals surface area contributed by atoms with Crippen molar-refractivity contribution in [3.05, 3.63) is 58.6 Å². The van der Waals surface area contributed by atoms with Gasteiger partial charge in [0.2, 0.25) is 0 Å². The minimum atomic E-state index is 0.529. The Bertz CT molecular complexity index is 615. The summed E-state index contributed by atoms with van der Waals surface area (Å²) in [7, 11) is 0. The summed E-state index contributed by atoms with van der Waals surface area (Å²) in [5, 5.41) is 0.805. The highest BCUT2D eigenvalue weighted by Crippen LogP contribution is 2.34. The Morgan fingerprint density at radius 2 is 2.05 bits per heavy atom. The lowest BCUT2D eigenvalue weighted by molar-refractivity contribution is 0.306. The van der Waals surface area contributed by atoms with Crippen LogP contribution in [-0.2, 0) is 13.1 Å². The molecule has 3 nitrogen and oxygen atoms in total. The number of hydrogen-bond acceptors (Lipinski definition) is 3. The van der Waals surface area contributed by atoms with Crippen molar-refractivity contribution in [2.45, 2.75) is 13.1 Å². The van der Waals surface area contributed by atoms with Gasteiger partial charge in [0.15, 0.2) is 0 Å². The summed E-state index contributed by atoms with van der Waals surface area (Å²) in [5.41, 5.74) is 9.00. The highest BCUT2D eigenvalue weighted by molar-refractivity contribution is 6.31. The molecule has 0 saturated carbocycles. The quantitative estimate of drug-likeness (QED) is 0.943. The monoisotopic (exact) mass is 288 g/mol. The number of fused-ring (bicyclic) bond motifs is 1. The van der Waals surface area contributed by atoms with E-state index in [-0.39, 0.29) is 0 Å². The highest BCUT2D eigenvalue weighted by Gasteiger charge is 2.19. The topological polar surface area (TPSA) is 38.5 Å². The fourth-order valence-electron chi connectivity index (χ4n) is 2.45. The van der Waals surface area contributed by atoms with E-state index in [0.29, 0.717) is 13.2 Å². The Morgan fingerprint density at radius 3 is 2.85 bits per heavy atom. The van der Waals surface area contributed by atoms with Crippen LogP contribution in [0.15, 0.2) is 42.5 Å². The number of anilines is 1. The van der Waals surface area contributed by atoms with E-state index >= 15 is 0 Å². The van der Waals surface area contributed by atoms with Gasteiger partial charge in [-0.15, -0.1) is 0 Å². The Labute approximate surface area is 123 Å². The van der Waals surface area contributed by atoms with Gasteiger partial charge in [0, 0.05) is 18.1 Å². The Morgan fingerprint density at radius 1 is 1.20 bits per heavy atom. The van der Waals surface area contributed by atoms with Gasteiger partial charge in [0.05, 0.1) is 12.2 Å². The van der Waals surface area contributed by atoms with Crippen molar-refractivity contribution < 1.29 is 4.74 Å². The molecule has 0 spiro atoms. The lowest BCUT2D eigenvalue weighted by Gasteiger charge is -2.31. The third kappa shape index (κ3) is 2.60. The van der Waals surface area contributed by atoms with E-state index in [1.54, 1.807) is 0 Å². The van der Waals surface area contributed by atoms with Gasteiger partial charge in [-0.2, -0.15) is 0 Å². The minimum Gasteiger partial charge on any atom is -0.490 e. The first-order valence-electron chi connectivity index (χ1n) is 6.72. The van der Waals surface area contributed by atoms with Gasteiger partial charge < -0.3 is 15.4 Å². The van der Waals surface area contributed by atoms with Crippen LogP contribution < -0.4 is 15.4 Å². The van der Waals surface area contributed by atoms with Gasteiger partial charge in [-0.3, -0.25) is 0 Å². The Balaban J connectivity index is 1.88. The molecule has 2 N–H and O–H groups in total. The summed E-state index contributed by atoms with van der Waals surface area (Å²) in [4.78, 5) is 2.29. The fraction of sp³-hybridized carbons (Fsp3) is 0.250. The van der Waals surface area contributed by atoms with E-state index in [2.05, 4.69) is 17.0 Å². The molecular weight excluding hydrogens is 272 g/mol. The number of rotatable bonds is 3. The van der Waals surface area contributed by atoms with Crippen molar-refractivity contribution in [3.8, 4) is 5.75 Å². The second-order valence-electron chi connectivity index (χ2n) is 4.87. The van der Waals surface area contributed by atoms with Gasteiger partial charge in [-0.1, -0.05) is 35.9 Å². The van der Waals surface area contributed by atoms with Crippen LogP contribution >= 0.6 is 11.6 Å². The zero-order valence-electron chi connectivity index (χ0n) is 11.2. The van der Waals surface area contributed by atoms with Gasteiger partial charge >= 0.3 is 0 Å². The standard InChI is InChI=1S/C16H17ClN2O/c17-14-4-2-1-3-13(14)11-19-7-8-20-16-9-12(10-18)5-6-15(16)19/h1-6,9H,7-8,10-11,18H2. The summed E-state index contributed by atoms with van der Waals surface area (Å²) in [6.07, 6.45) is 0. The molecule has 0 atom stereocenters. The zero-order valence-corrected chi connectivity index (χ0v) is 11.9. The molecule has 1 aliphatic rings. The highest BCUT2D eigenvalue weighted by atomic mass is 35.5. The van der Waals surface area contributed by atoms with Crippen molar-refractivity contribution in [1.82, 2.24) is 0 Å². The summed E-state index contributed by atoms with van der Waals surface area (Å²) in [6.45, 7) is 2.87. The third-order valence-electron chi connectivity index (χ3n) is 3.54. The molecule has 0 fully saturated rings. The normalized spacial score (nSPS) is 13.8. The third-order valence-corrected chi connectivity index (χ3v) is 3.91. The van der Waals surface area contributed by atoms with E-state index in [1.807, 2.05) is 30.3 Å². The Hall–Kier alpha value is -1.71. The van der Waals surface area contributed by atoms with Crippen molar-refractivity contribution in [3.63, 3.8) is 0 Å². The summed E-state index contributed by atoms with van der Waals surface area (Å²) in [5.74, 6) is 0.909. The molecule has 0 saturated heterocycles. The molecule has 4 heteroatoms. The van der Waals surface area contributed by atoms with Crippen LogP contribution in [0.4, 0.5) is 5.69 Å². The minimum absolute atomic E-state index is 0.529. The van der Waals surface area contributed by atoms with E-state index in [4.69, 9.17) is 22.1 Å². The molecule has 1 heterocycles. The average molecular weight is 289 g/mol. The van der Waals surface area contributed by atoms with Crippen molar-refractivity contribution in [1.29, 1.82) is 0 Å². The molecule has 1 aliphatic heterocycles. The predicted octanol–water partition coefficient (Wildman–Crippen LogP) is 3.20. The number of hydrogen-bond donors (Lipinski definition) is 1. The molecule has 0 radical (unpaired) electrons. The van der Waals surface area contributed by atoms with Crippen LogP contribution in [0.3, 0.4) is 0 Å². The number of nitrogens with zero attached hydrogens (tertiary/aromatic N) is 1. The molecular formula is C16H17ClN2O. The summed E-state index contributed by atoms with van der Waals surface area (Å²) >= 11 is 6.24. The van der Waals surface area contributed by atoms with Crippen LogP contribution in [0.5, 0.6) is 5.75 Å². The maximum absolute atomic E-state index is 6.24. The number of halogens is 1. The van der Waals surface area contributed by atoms with E-state index in [9.17, 15) is 0 Å². The lowest BCUT2D eigenvalue weighted by Crippen LogP contribution is -2.32. The second-order valence-corrected chi connectivity index (χ2v) is 5.27. The largest absolute Gasteiger partial charge is 0.490 e. The van der Waals surface area contributed by atoms with Crippen molar-refractivity contribution in [2.75, 3.05) is 18.1 Å². The van der Waals surface area contributed by atoms with Gasteiger partial charge in [-0.25, -0.2) is 0 Å². The first-order valence-corrected chi connectivity index (χ1v) is 7.10. The van der Waals surface area contributed by atoms with Crippen LogP contribution in [0, 0.1) is 0 Å². The van der Waals surface area contributed by atoms with E-state index in [1.165, 1.54) is 0 Å². The SMILES string of the molecule is NCc1ccc2c(c1)OCCN2Cc1ccccc1Cl. The molecule has 0 bridgehead atoms. The number of benzene rings is 2. The number of nitrogens with two attached hydrogens (primary N) is 1. The first-order chi connectivity index (χ1) is 9.78. The fourth-order valence-corrected chi connectivity index (χ4v) is 2.64. The van der Waals surface area contributed by atoms with Crippen LogP contribution in [-0.4, -0.2) is 13.2 Å². The molecule has 2 aromatic carbocycles. The first kappa shape index (κ1) is 13.3. The van der Waals surface area contributed by atoms with Gasteiger partial charge in [0.1, 0.15) is 12.4 Å². The molecule has 104 valence electrons. The molecule has 0 aromatic heterocycles. The smallest absolute Gasteiger partial charge is 0.143 e. The number of ether oxygens (including phenoxy) is 1. The van der Waals surface area contributed by atoms with E-state index < -0.39 is 0 Å². The van der Waals surface area contributed by atoms with Crippen molar-refractivity contribution in [2.24, 2.45) is 5.73 Å². The molecule has 3 rings (SSSR count). The van der Waals surface area contributed by atoms with Gasteiger partial charge in [-0.05, 0) is 29.3 Å². The van der Waals surface area contributed by atoms with Crippen LogP contribution in [0.2, 0.25) is 5.02 Å². The Kier molecular flexibility index (Phi) is 3.81. The molecule has 2 aromatic rings. The average Bonchev–Trinajstić information content (AvgIpc) is 2.49. The second kappa shape index (κ2) is 5.73. The molecule has 20 heavy (non-hydrogen) atoms.